The molecule has 7 nitrogen and oxygen atoms in total. The molecule has 0 unspecified atom stereocenters. The zero-order chi connectivity index (χ0) is 15.3. The zero-order valence-corrected chi connectivity index (χ0v) is 12.9. The van der Waals surface area contributed by atoms with Crippen LogP contribution in [-0.2, 0) is 16.6 Å². The van der Waals surface area contributed by atoms with Gasteiger partial charge in [0.15, 0.2) is 0 Å². The maximum Gasteiger partial charge on any atom is 0.286 e. The van der Waals surface area contributed by atoms with Gasteiger partial charge in [-0.1, -0.05) is 29.5 Å². The Kier molecular flexibility index (Phi) is 4.99. The fourth-order valence-electron chi connectivity index (χ4n) is 1.40. The number of anilines is 1. The minimum absolute atomic E-state index is 0.00679. The quantitative estimate of drug-likeness (QED) is 0.831. The summed E-state index contributed by atoms with van der Waals surface area (Å²) in [6.45, 7) is 1.58. The summed E-state index contributed by atoms with van der Waals surface area (Å²) in [6, 6.07) is 8.98. The molecule has 2 aromatic rings. The number of nitrogens with one attached hydrogen (secondary N) is 2. The van der Waals surface area contributed by atoms with E-state index in [-0.39, 0.29) is 23.2 Å². The topological polar surface area (TPSA) is 101 Å². The summed E-state index contributed by atoms with van der Waals surface area (Å²) < 4.78 is 25.0. The number of sulfonamides is 1. The first kappa shape index (κ1) is 15.5. The Morgan fingerprint density at radius 1 is 1.24 bits per heavy atom. The van der Waals surface area contributed by atoms with Crippen LogP contribution in [0.25, 0.3) is 0 Å². The normalized spacial score (nSPS) is 11.3. The van der Waals surface area contributed by atoms with Crippen LogP contribution in [0, 0.1) is 0 Å². The minimum Gasteiger partial charge on any atom is -0.320 e. The number of para-hydroxylation sites is 1. The van der Waals surface area contributed by atoms with Crippen molar-refractivity contribution >= 4 is 33.0 Å². The second-order valence-corrected chi connectivity index (χ2v) is 7.20. The Balaban J connectivity index is 1.98. The van der Waals surface area contributed by atoms with Crippen molar-refractivity contribution in [3.8, 4) is 0 Å². The van der Waals surface area contributed by atoms with Crippen molar-refractivity contribution in [2.45, 2.75) is 13.5 Å². The zero-order valence-electron chi connectivity index (χ0n) is 11.2. The fourth-order valence-corrected chi connectivity index (χ4v) is 2.72. The summed E-state index contributed by atoms with van der Waals surface area (Å²) >= 11 is 1.05. The highest BCUT2D eigenvalue weighted by Gasteiger charge is 2.14. The highest BCUT2D eigenvalue weighted by molar-refractivity contribution is 7.89. The van der Waals surface area contributed by atoms with Crippen molar-refractivity contribution < 1.29 is 13.2 Å². The smallest absolute Gasteiger partial charge is 0.286 e. The lowest BCUT2D eigenvalue weighted by Gasteiger charge is -2.01. The SMILES string of the molecule is CCS(=O)(=O)NCc1nnc(C(=O)Nc2ccccc2)s1. The molecule has 0 saturated carbocycles. The van der Waals surface area contributed by atoms with Crippen LogP contribution >= 0.6 is 11.3 Å². The van der Waals surface area contributed by atoms with Crippen LogP contribution in [0.2, 0.25) is 0 Å². The van der Waals surface area contributed by atoms with Gasteiger partial charge in [-0.15, -0.1) is 10.2 Å². The summed E-state index contributed by atoms with van der Waals surface area (Å²) in [5.41, 5.74) is 0.658. The fraction of sp³-hybridized carbons (Fsp3) is 0.250. The lowest BCUT2D eigenvalue weighted by Crippen LogP contribution is -2.24. The molecule has 0 saturated heterocycles. The molecule has 0 spiro atoms. The molecule has 0 radical (unpaired) electrons. The van der Waals surface area contributed by atoms with Crippen LogP contribution in [0.4, 0.5) is 5.69 Å². The highest BCUT2D eigenvalue weighted by atomic mass is 32.2. The molecule has 1 aromatic carbocycles. The van der Waals surface area contributed by atoms with E-state index in [1.165, 1.54) is 0 Å². The van der Waals surface area contributed by atoms with Gasteiger partial charge in [-0.2, -0.15) is 0 Å². The van der Waals surface area contributed by atoms with E-state index >= 15 is 0 Å². The Morgan fingerprint density at radius 2 is 1.95 bits per heavy atom. The van der Waals surface area contributed by atoms with E-state index in [4.69, 9.17) is 0 Å². The van der Waals surface area contributed by atoms with E-state index in [0.717, 1.165) is 11.3 Å². The molecule has 1 amide bonds. The molecule has 0 aliphatic carbocycles. The molecule has 0 bridgehead atoms. The summed E-state index contributed by atoms with van der Waals surface area (Å²) in [5, 5.41) is 10.9. The first-order chi connectivity index (χ1) is 10.00. The predicted octanol–water partition coefficient (Wildman–Crippen LogP) is 1.23. The van der Waals surface area contributed by atoms with Crippen molar-refractivity contribution in [1.29, 1.82) is 0 Å². The van der Waals surface area contributed by atoms with Crippen molar-refractivity contribution in [2.75, 3.05) is 11.1 Å². The summed E-state index contributed by atoms with van der Waals surface area (Å²) in [7, 11) is -3.29. The average Bonchev–Trinajstić information content (AvgIpc) is 2.95. The van der Waals surface area contributed by atoms with E-state index in [1.54, 1.807) is 31.2 Å². The largest absolute Gasteiger partial charge is 0.320 e. The molecule has 1 heterocycles. The molecule has 2 N–H and O–H groups in total. The van der Waals surface area contributed by atoms with Gasteiger partial charge in [0.25, 0.3) is 5.91 Å². The molecule has 2 rings (SSSR count). The van der Waals surface area contributed by atoms with Crippen molar-refractivity contribution in [3.63, 3.8) is 0 Å². The number of amides is 1. The van der Waals surface area contributed by atoms with Crippen LogP contribution < -0.4 is 10.0 Å². The number of rotatable bonds is 6. The van der Waals surface area contributed by atoms with Crippen LogP contribution in [0.1, 0.15) is 21.7 Å². The van der Waals surface area contributed by atoms with E-state index in [2.05, 4.69) is 20.2 Å². The molecule has 0 atom stereocenters. The Bertz CT molecular complexity index is 713. The third kappa shape index (κ3) is 4.59. The van der Waals surface area contributed by atoms with Crippen LogP contribution in [0.15, 0.2) is 30.3 Å². The third-order valence-electron chi connectivity index (χ3n) is 2.52. The number of carbonyl (C=O) groups excluding carboxylic acids is 1. The summed E-state index contributed by atoms with van der Waals surface area (Å²) in [6.07, 6.45) is 0. The van der Waals surface area contributed by atoms with E-state index in [9.17, 15) is 13.2 Å². The Labute approximate surface area is 126 Å². The second-order valence-electron chi connectivity index (χ2n) is 4.05. The van der Waals surface area contributed by atoms with Gasteiger partial charge < -0.3 is 5.32 Å². The van der Waals surface area contributed by atoms with Crippen LogP contribution in [0.3, 0.4) is 0 Å². The van der Waals surface area contributed by atoms with Crippen molar-refractivity contribution in [3.05, 3.63) is 40.3 Å². The number of nitrogens with zero attached hydrogens (tertiary/aromatic N) is 2. The maximum absolute atomic E-state index is 11.9. The van der Waals surface area contributed by atoms with Gasteiger partial charge in [0.1, 0.15) is 5.01 Å². The lowest BCUT2D eigenvalue weighted by atomic mass is 10.3. The first-order valence-corrected chi connectivity index (χ1v) is 8.63. The lowest BCUT2D eigenvalue weighted by molar-refractivity contribution is 0.102. The average molecular weight is 326 g/mol. The molecule has 1 aromatic heterocycles. The third-order valence-corrected chi connectivity index (χ3v) is 4.78. The van der Waals surface area contributed by atoms with Gasteiger partial charge in [0.2, 0.25) is 15.0 Å². The number of carbonyl (C=O) groups is 1. The summed E-state index contributed by atoms with van der Waals surface area (Å²) in [4.78, 5) is 11.9. The molecule has 21 heavy (non-hydrogen) atoms. The molecular formula is C12H14N4O3S2. The highest BCUT2D eigenvalue weighted by Crippen LogP contribution is 2.13. The minimum atomic E-state index is -3.29. The van der Waals surface area contributed by atoms with Gasteiger partial charge in [-0.05, 0) is 19.1 Å². The number of hydrogen-bond donors (Lipinski definition) is 2. The van der Waals surface area contributed by atoms with Gasteiger partial charge in [0, 0.05) is 5.69 Å². The molecule has 112 valence electrons. The number of benzene rings is 1. The van der Waals surface area contributed by atoms with Gasteiger partial charge in [0.05, 0.1) is 12.3 Å². The second kappa shape index (κ2) is 6.74. The van der Waals surface area contributed by atoms with Gasteiger partial charge >= 0.3 is 0 Å². The molecule has 0 aliphatic rings. The van der Waals surface area contributed by atoms with Crippen molar-refractivity contribution in [1.82, 2.24) is 14.9 Å². The maximum atomic E-state index is 11.9. The van der Waals surface area contributed by atoms with Gasteiger partial charge in [-0.3, -0.25) is 4.79 Å². The number of aromatic nitrogens is 2. The molecule has 0 aliphatic heterocycles. The Morgan fingerprint density at radius 3 is 2.62 bits per heavy atom. The van der Waals surface area contributed by atoms with Gasteiger partial charge in [-0.25, -0.2) is 13.1 Å². The molecule has 9 heteroatoms. The monoisotopic (exact) mass is 326 g/mol. The van der Waals surface area contributed by atoms with Crippen LogP contribution in [-0.4, -0.2) is 30.3 Å². The first-order valence-electron chi connectivity index (χ1n) is 6.16. The molecular weight excluding hydrogens is 312 g/mol. The number of hydrogen-bond acceptors (Lipinski definition) is 6. The van der Waals surface area contributed by atoms with E-state index in [0.29, 0.717) is 10.7 Å². The van der Waals surface area contributed by atoms with E-state index < -0.39 is 10.0 Å². The standard InChI is InChI=1S/C12H14N4O3S2/c1-2-21(18,19)13-8-10-15-16-12(20-10)11(17)14-9-6-4-3-5-7-9/h3-7,13H,2,8H2,1H3,(H,14,17). The molecule has 0 fully saturated rings. The predicted molar refractivity (Wildman–Crippen MR) is 80.6 cm³/mol. The summed E-state index contributed by atoms with van der Waals surface area (Å²) in [5.74, 6) is -0.379. The van der Waals surface area contributed by atoms with Crippen LogP contribution in [0.5, 0.6) is 0 Å². The van der Waals surface area contributed by atoms with Crippen molar-refractivity contribution in [2.24, 2.45) is 0 Å². The Hall–Kier alpha value is -1.84. The van der Waals surface area contributed by atoms with E-state index in [1.807, 2.05) is 6.07 Å².